The lowest BCUT2D eigenvalue weighted by Crippen LogP contribution is -2.36. The van der Waals surface area contributed by atoms with Crippen LogP contribution in [-0.2, 0) is 9.59 Å². The van der Waals surface area contributed by atoms with Gasteiger partial charge in [0.15, 0.2) is 23.0 Å². The zero-order chi connectivity index (χ0) is 37.3. The van der Waals surface area contributed by atoms with Crippen molar-refractivity contribution in [2.24, 2.45) is 0 Å². The molecule has 1 aliphatic rings. The van der Waals surface area contributed by atoms with Gasteiger partial charge in [-0.25, -0.2) is 4.79 Å². The molecule has 13 heteroatoms. The van der Waals surface area contributed by atoms with E-state index in [9.17, 15) is 9.59 Å². The molecule has 13 nitrogen and oxygen atoms in total. The third kappa shape index (κ3) is 11.6. The normalized spacial score (nSPS) is 12.2. The fraction of sp³-hybridized carbons (Fsp3) is 0.368. The topological polar surface area (TPSA) is 129 Å². The number of ether oxygens (including phenoxy) is 7. The van der Waals surface area contributed by atoms with Crippen molar-refractivity contribution >= 4 is 29.7 Å². The maximum absolute atomic E-state index is 12.9. The van der Waals surface area contributed by atoms with E-state index in [4.69, 9.17) is 38.3 Å². The first kappa shape index (κ1) is 40.0. The Kier molecular flexibility index (Phi) is 15.9. The SMILES string of the molecule is COc1ccc(/C=C/C(=O)N2CCOc3ccccc32)c(OCCN(C)C)c1OC.COc1ccc(/C=C/C(=O)O)c(OCCN(C)C)c1OC. The minimum absolute atomic E-state index is 0.125. The standard InChI is InChI=1S/C23H28N2O5.C15H21NO5/c1-24(2)13-15-30-22-17(9-11-20(27-3)23(22)28-4)10-12-21(26)25-14-16-29-19-8-6-5-7-18(19)25;1-16(2)9-10-21-14-11(6-8-13(17)18)5-7-12(19-3)15(14)20-4/h5-12H,13-16H2,1-4H3;5-8H,9-10H2,1-4H3,(H,17,18)/b12-10+;8-6+. The Morgan fingerprint density at radius 3 is 1.71 bits per heavy atom. The summed E-state index contributed by atoms with van der Waals surface area (Å²) in [5, 5.41) is 8.75. The molecule has 0 saturated carbocycles. The Morgan fingerprint density at radius 1 is 0.725 bits per heavy atom. The molecule has 3 aromatic rings. The van der Waals surface area contributed by atoms with Gasteiger partial charge in [-0.3, -0.25) is 4.79 Å². The van der Waals surface area contributed by atoms with Gasteiger partial charge in [-0.1, -0.05) is 12.1 Å². The van der Waals surface area contributed by atoms with E-state index in [-0.39, 0.29) is 5.91 Å². The number of carboxylic acid groups (broad SMARTS) is 1. The third-order valence-corrected chi connectivity index (χ3v) is 7.44. The summed E-state index contributed by atoms with van der Waals surface area (Å²) in [6.45, 7) is 3.35. The maximum atomic E-state index is 12.9. The third-order valence-electron chi connectivity index (χ3n) is 7.44. The van der Waals surface area contributed by atoms with Crippen molar-refractivity contribution < 1.29 is 47.9 Å². The summed E-state index contributed by atoms with van der Waals surface area (Å²) in [5.41, 5.74) is 2.13. The zero-order valence-corrected chi connectivity index (χ0v) is 30.6. The summed E-state index contributed by atoms with van der Waals surface area (Å²) in [5.74, 6) is 2.63. The lowest BCUT2D eigenvalue weighted by molar-refractivity contribution is -0.131. The Balaban J connectivity index is 0.000000295. The number of anilines is 1. The van der Waals surface area contributed by atoms with Gasteiger partial charge in [-0.15, -0.1) is 0 Å². The predicted octanol–water partition coefficient (Wildman–Crippen LogP) is 4.83. The fourth-order valence-corrected chi connectivity index (χ4v) is 4.86. The second kappa shape index (κ2) is 20.3. The molecule has 1 heterocycles. The second-order valence-electron chi connectivity index (χ2n) is 11.6. The number of likely N-dealkylation sites (N-methyl/N-ethyl adjacent to an activating group) is 2. The summed E-state index contributed by atoms with van der Waals surface area (Å²) >= 11 is 0. The van der Waals surface area contributed by atoms with Crippen LogP contribution < -0.4 is 38.1 Å². The highest BCUT2D eigenvalue weighted by Crippen LogP contribution is 2.42. The number of nitrogens with zero attached hydrogens (tertiary/aromatic N) is 3. The zero-order valence-electron chi connectivity index (χ0n) is 30.6. The minimum Gasteiger partial charge on any atom is -0.493 e. The number of rotatable bonds is 16. The van der Waals surface area contributed by atoms with Crippen LogP contribution in [0.25, 0.3) is 12.2 Å². The Morgan fingerprint density at radius 2 is 1.24 bits per heavy atom. The molecule has 0 saturated heterocycles. The summed E-state index contributed by atoms with van der Waals surface area (Å²) in [6, 6.07) is 14.6. The van der Waals surface area contributed by atoms with Crippen LogP contribution in [0.4, 0.5) is 5.69 Å². The first-order chi connectivity index (χ1) is 24.5. The van der Waals surface area contributed by atoms with Crippen LogP contribution >= 0.6 is 0 Å². The van der Waals surface area contributed by atoms with E-state index in [2.05, 4.69) is 0 Å². The van der Waals surface area contributed by atoms with E-state index in [0.29, 0.717) is 72.2 Å². The van der Waals surface area contributed by atoms with Crippen LogP contribution in [0.1, 0.15) is 11.1 Å². The smallest absolute Gasteiger partial charge is 0.328 e. The highest BCUT2D eigenvalue weighted by atomic mass is 16.5. The molecule has 1 aliphatic heterocycles. The molecule has 4 rings (SSSR count). The largest absolute Gasteiger partial charge is 0.493 e. The molecule has 1 N–H and O–H groups in total. The van der Waals surface area contributed by atoms with Gasteiger partial charge in [0.05, 0.1) is 40.7 Å². The molecule has 276 valence electrons. The van der Waals surface area contributed by atoms with Crippen molar-refractivity contribution in [1.82, 2.24) is 9.80 Å². The van der Waals surface area contributed by atoms with Gasteiger partial charge in [-0.05, 0) is 76.7 Å². The summed E-state index contributed by atoms with van der Waals surface area (Å²) in [4.78, 5) is 29.3. The molecule has 51 heavy (non-hydrogen) atoms. The molecule has 3 aromatic carbocycles. The number of carbonyl (C=O) groups excluding carboxylic acids is 1. The molecule has 0 atom stereocenters. The number of para-hydroxylation sites is 2. The van der Waals surface area contributed by atoms with Crippen LogP contribution in [0, 0.1) is 0 Å². The van der Waals surface area contributed by atoms with E-state index < -0.39 is 5.97 Å². The number of carbonyl (C=O) groups is 2. The van der Waals surface area contributed by atoms with Crippen molar-refractivity contribution in [2.75, 3.05) is 101 Å². The van der Waals surface area contributed by atoms with Gasteiger partial charge in [0.25, 0.3) is 5.91 Å². The highest BCUT2D eigenvalue weighted by Gasteiger charge is 2.22. The van der Waals surface area contributed by atoms with Crippen LogP contribution in [-0.4, -0.2) is 123 Å². The van der Waals surface area contributed by atoms with Crippen molar-refractivity contribution in [2.45, 2.75) is 0 Å². The molecule has 0 radical (unpaired) electrons. The van der Waals surface area contributed by atoms with Crippen LogP contribution in [0.2, 0.25) is 0 Å². The van der Waals surface area contributed by atoms with Crippen LogP contribution in [0.3, 0.4) is 0 Å². The van der Waals surface area contributed by atoms with Crippen LogP contribution in [0.15, 0.2) is 60.7 Å². The quantitative estimate of drug-likeness (QED) is 0.205. The van der Waals surface area contributed by atoms with E-state index in [1.807, 2.05) is 68.3 Å². The Hall–Kier alpha value is -5.40. The number of benzene rings is 3. The Labute approximate surface area is 300 Å². The van der Waals surface area contributed by atoms with Crippen molar-refractivity contribution in [3.63, 3.8) is 0 Å². The van der Waals surface area contributed by atoms with Gasteiger partial charge in [0, 0.05) is 36.4 Å². The number of hydrogen-bond acceptors (Lipinski definition) is 11. The van der Waals surface area contributed by atoms with E-state index >= 15 is 0 Å². The minimum atomic E-state index is -1.02. The predicted molar refractivity (Wildman–Crippen MR) is 197 cm³/mol. The average Bonchev–Trinajstić information content (AvgIpc) is 3.12. The molecule has 0 bridgehead atoms. The molecule has 0 spiro atoms. The van der Waals surface area contributed by atoms with Crippen molar-refractivity contribution in [1.29, 1.82) is 0 Å². The Bertz CT molecular complexity index is 1660. The van der Waals surface area contributed by atoms with Gasteiger partial charge in [0.1, 0.15) is 25.6 Å². The summed E-state index contributed by atoms with van der Waals surface area (Å²) < 4.78 is 38.9. The van der Waals surface area contributed by atoms with Gasteiger partial charge >= 0.3 is 5.97 Å². The number of fused-ring (bicyclic) bond motifs is 1. The monoisotopic (exact) mass is 707 g/mol. The van der Waals surface area contributed by atoms with Gasteiger partial charge in [0.2, 0.25) is 11.5 Å². The molecule has 0 aliphatic carbocycles. The number of carboxylic acids is 1. The average molecular weight is 708 g/mol. The maximum Gasteiger partial charge on any atom is 0.328 e. The van der Waals surface area contributed by atoms with Crippen molar-refractivity contribution in [3.8, 4) is 40.2 Å². The molecular weight excluding hydrogens is 658 g/mol. The van der Waals surface area contributed by atoms with Crippen molar-refractivity contribution in [3.05, 3.63) is 71.8 Å². The molecule has 0 fully saturated rings. The first-order valence-corrected chi connectivity index (χ1v) is 16.2. The molecule has 0 aromatic heterocycles. The lowest BCUT2D eigenvalue weighted by atomic mass is 10.1. The lowest BCUT2D eigenvalue weighted by Gasteiger charge is -2.28. The van der Waals surface area contributed by atoms with Gasteiger partial charge < -0.3 is 53.0 Å². The van der Waals surface area contributed by atoms with E-state index in [1.165, 1.54) is 20.3 Å². The van der Waals surface area contributed by atoms with Gasteiger partial charge in [-0.2, -0.15) is 0 Å². The highest BCUT2D eigenvalue weighted by molar-refractivity contribution is 6.05. The summed E-state index contributed by atoms with van der Waals surface area (Å²) in [7, 11) is 14.0. The molecule has 1 amide bonds. The number of hydrogen-bond donors (Lipinski definition) is 1. The van der Waals surface area contributed by atoms with E-state index in [1.54, 1.807) is 49.5 Å². The van der Waals surface area contributed by atoms with E-state index in [0.717, 1.165) is 30.4 Å². The number of methoxy groups -OCH3 is 4. The summed E-state index contributed by atoms with van der Waals surface area (Å²) in [6.07, 6.45) is 5.81. The number of amides is 1. The first-order valence-electron chi connectivity index (χ1n) is 16.2. The molecule has 0 unspecified atom stereocenters. The number of aliphatic carboxylic acids is 1. The second-order valence-corrected chi connectivity index (χ2v) is 11.6. The van der Waals surface area contributed by atoms with Crippen LogP contribution in [0.5, 0.6) is 40.2 Å². The molecular formula is C38H49N3O10. The fourth-order valence-electron chi connectivity index (χ4n) is 4.86.